The summed E-state index contributed by atoms with van der Waals surface area (Å²) >= 11 is 0. The van der Waals surface area contributed by atoms with Gasteiger partial charge in [0.2, 0.25) is 18.0 Å². The van der Waals surface area contributed by atoms with E-state index in [1.807, 2.05) is 37.3 Å². The molecule has 6 heteroatoms. The normalized spacial score (nSPS) is 12.6. The van der Waals surface area contributed by atoms with E-state index in [2.05, 4.69) is 5.10 Å². The van der Waals surface area contributed by atoms with Crippen molar-refractivity contribution in [3.05, 3.63) is 53.6 Å². The van der Waals surface area contributed by atoms with Crippen molar-refractivity contribution >= 4 is 5.78 Å². The minimum atomic E-state index is -1.08. The summed E-state index contributed by atoms with van der Waals surface area (Å²) in [6, 6.07) is 10.2. The lowest BCUT2D eigenvalue weighted by Gasteiger charge is -2.17. The zero-order chi connectivity index (χ0) is 15.4. The lowest BCUT2D eigenvalue weighted by atomic mass is 10.1. The Hall–Kier alpha value is -2.05. The van der Waals surface area contributed by atoms with Crippen LogP contribution >= 0.6 is 0 Å². The smallest absolute Gasteiger partial charge is 0.236 e. The maximum absolute atomic E-state index is 13.5. The number of benzene rings is 1. The van der Waals surface area contributed by atoms with Crippen LogP contribution in [0.4, 0.5) is 4.39 Å². The molecule has 0 aliphatic rings. The van der Waals surface area contributed by atoms with E-state index in [0.29, 0.717) is 0 Å². The number of ether oxygens (including phenoxy) is 2. The predicted octanol–water partition coefficient (Wildman–Crippen LogP) is 2.43. The van der Waals surface area contributed by atoms with E-state index in [9.17, 15) is 9.18 Å². The summed E-state index contributed by atoms with van der Waals surface area (Å²) in [4.78, 5) is 12.3. The van der Waals surface area contributed by atoms with Crippen molar-refractivity contribution in [3.63, 3.8) is 0 Å². The standard InChI is InChI=1S/C15H17FN2O3/c1-10(11-7-5-4-6-8-11)18-12(9-13(16)17-18)14(19)15(20-2)21-3/h4-10,15H,1-3H3/t10-/m1/s1. The highest BCUT2D eigenvalue weighted by molar-refractivity contribution is 5.97. The van der Waals surface area contributed by atoms with Gasteiger partial charge in [-0.3, -0.25) is 9.48 Å². The maximum atomic E-state index is 13.5. The van der Waals surface area contributed by atoms with Crippen molar-refractivity contribution < 1.29 is 18.7 Å². The minimum Gasteiger partial charge on any atom is -0.349 e. The number of carbonyl (C=O) groups is 1. The van der Waals surface area contributed by atoms with Crippen LogP contribution in [-0.2, 0) is 9.47 Å². The molecule has 0 fully saturated rings. The van der Waals surface area contributed by atoms with Crippen LogP contribution in [-0.4, -0.2) is 36.1 Å². The third-order valence-electron chi connectivity index (χ3n) is 3.25. The van der Waals surface area contributed by atoms with E-state index in [4.69, 9.17) is 9.47 Å². The molecule has 5 nitrogen and oxygen atoms in total. The summed E-state index contributed by atoms with van der Waals surface area (Å²) in [5, 5.41) is 3.78. The molecule has 0 saturated heterocycles. The fourth-order valence-electron chi connectivity index (χ4n) is 2.15. The number of Topliss-reactive ketones (excluding diaryl/α,β-unsaturated/α-hetero) is 1. The average Bonchev–Trinajstić information content (AvgIpc) is 2.90. The first-order valence-electron chi connectivity index (χ1n) is 6.48. The highest BCUT2D eigenvalue weighted by Gasteiger charge is 2.26. The lowest BCUT2D eigenvalue weighted by Crippen LogP contribution is -2.28. The van der Waals surface area contributed by atoms with Crippen molar-refractivity contribution in [1.29, 1.82) is 0 Å². The van der Waals surface area contributed by atoms with Gasteiger partial charge in [-0.1, -0.05) is 30.3 Å². The summed E-state index contributed by atoms with van der Waals surface area (Å²) in [5.41, 5.74) is 1.03. The molecular weight excluding hydrogens is 275 g/mol. The van der Waals surface area contributed by atoms with E-state index in [0.717, 1.165) is 11.6 Å². The third-order valence-corrected chi connectivity index (χ3v) is 3.25. The Bertz CT molecular complexity index is 609. The quantitative estimate of drug-likeness (QED) is 0.606. The van der Waals surface area contributed by atoms with Crippen molar-refractivity contribution in [2.24, 2.45) is 0 Å². The molecule has 0 aliphatic carbocycles. The molecule has 1 atom stereocenters. The zero-order valence-corrected chi connectivity index (χ0v) is 12.1. The second kappa shape index (κ2) is 6.60. The SMILES string of the molecule is COC(OC)C(=O)c1cc(F)nn1[C@H](C)c1ccccc1. The number of methoxy groups -OCH3 is 2. The molecule has 0 aliphatic heterocycles. The van der Waals surface area contributed by atoms with Gasteiger partial charge in [0.25, 0.3) is 0 Å². The third kappa shape index (κ3) is 3.17. The van der Waals surface area contributed by atoms with Crippen LogP contribution in [0.15, 0.2) is 36.4 Å². The monoisotopic (exact) mass is 292 g/mol. The molecule has 0 spiro atoms. The Morgan fingerprint density at radius 2 is 1.86 bits per heavy atom. The zero-order valence-electron chi connectivity index (χ0n) is 12.1. The van der Waals surface area contributed by atoms with Gasteiger partial charge in [0.05, 0.1) is 6.04 Å². The van der Waals surface area contributed by atoms with Crippen molar-refractivity contribution in [3.8, 4) is 0 Å². The molecular formula is C15H17FN2O3. The molecule has 0 unspecified atom stereocenters. The van der Waals surface area contributed by atoms with E-state index in [1.54, 1.807) is 0 Å². The molecule has 1 aromatic heterocycles. The van der Waals surface area contributed by atoms with Gasteiger partial charge in [-0.15, -0.1) is 5.10 Å². The molecule has 0 amide bonds. The molecule has 112 valence electrons. The Morgan fingerprint density at radius 3 is 2.43 bits per heavy atom. The Morgan fingerprint density at radius 1 is 1.24 bits per heavy atom. The van der Waals surface area contributed by atoms with Crippen LogP contribution in [0.3, 0.4) is 0 Å². The Labute approximate surface area is 122 Å². The van der Waals surface area contributed by atoms with Gasteiger partial charge in [-0.25, -0.2) is 0 Å². The van der Waals surface area contributed by atoms with Gasteiger partial charge in [0, 0.05) is 20.3 Å². The van der Waals surface area contributed by atoms with Crippen LogP contribution < -0.4 is 0 Å². The average molecular weight is 292 g/mol. The number of rotatable bonds is 6. The van der Waals surface area contributed by atoms with Gasteiger partial charge in [-0.2, -0.15) is 4.39 Å². The highest BCUT2D eigenvalue weighted by Crippen LogP contribution is 2.21. The Balaban J connectivity index is 2.39. The number of carbonyl (C=O) groups excluding carboxylic acids is 1. The van der Waals surface area contributed by atoms with Gasteiger partial charge in [0.1, 0.15) is 5.69 Å². The molecule has 0 saturated carbocycles. The molecule has 1 heterocycles. The first kappa shape index (κ1) is 15.3. The highest BCUT2D eigenvalue weighted by atomic mass is 19.1. The maximum Gasteiger partial charge on any atom is 0.236 e. The largest absolute Gasteiger partial charge is 0.349 e. The second-order valence-electron chi connectivity index (χ2n) is 4.55. The molecule has 1 aromatic carbocycles. The molecule has 2 rings (SSSR count). The number of hydrogen-bond acceptors (Lipinski definition) is 4. The van der Waals surface area contributed by atoms with Gasteiger partial charge < -0.3 is 9.47 Å². The number of halogens is 1. The van der Waals surface area contributed by atoms with Crippen LogP contribution in [0.2, 0.25) is 0 Å². The van der Waals surface area contributed by atoms with E-state index in [-0.39, 0.29) is 11.7 Å². The number of aromatic nitrogens is 2. The minimum absolute atomic E-state index is 0.109. The van der Waals surface area contributed by atoms with Gasteiger partial charge in [0.15, 0.2) is 0 Å². The summed E-state index contributed by atoms with van der Waals surface area (Å²) < 4.78 is 24.7. The van der Waals surface area contributed by atoms with Crippen LogP contribution in [0.25, 0.3) is 0 Å². The number of ketones is 1. The lowest BCUT2D eigenvalue weighted by molar-refractivity contribution is -0.0747. The second-order valence-corrected chi connectivity index (χ2v) is 4.55. The topological polar surface area (TPSA) is 53.4 Å². The number of hydrogen-bond donors (Lipinski definition) is 0. The summed E-state index contributed by atoms with van der Waals surface area (Å²) in [6.07, 6.45) is -1.08. The van der Waals surface area contributed by atoms with E-state index >= 15 is 0 Å². The molecule has 0 radical (unpaired) electrons. The van der Waals surface area contributed by atoms with E-state index in [1.165, 1.54) is 18.9 Å². The van der Waals surface area contributed by atoms with Crippen molar-refractivity contribution in [2.75, 3.05) is 14.2 Å². The fraction of sp³-hybridized carbons (Fsp3) is 0.333. The van der Waals surface area contributed by atoms with Gasteiger partial charge in [-0.05, 0) is 12.5 Å². The predicted molar refractivity (Wildman–Crippen MR) is 74.6 cm³/mol. The summed E-state index contributed by atoms with van der Waals surface area (Å²) in [5.74, 6) is -1.19. The van der Waals surface area contributed by atoms with Gasteiger partial charge >= 0.3 is 0 Å². The first-order valence-corrected chi connectivity index (χ1v) is 6.48. The first-order chi connectivity index (χ1) is 10.1. The number of nitrogens with zero attached hydrogens (tertiary/aromatic N) is 2. The molecule has 21 heavy (non-hydrogen) atoms. The fourth-order valence-corrected chi connectivity index (χ4v) is 2.15. The molecule has 2 aromatic rings. The Kier molecular flexibility index (Phi) is 4.82. The van der Waals surface area contributed by atoms with Crippen LogP contribution in [0.1, 0.15) is 29.0 Å². The van der Waals surface area contributed by atoms with Crippen molar-refractivity contribution in [1.82, 2.24) is 9.78 Å². The molecule has 0 bridgehead atoms. The van der Waals surface area contributed by atoms with Crippen molar-refractivity contribution in [2.45, 2.75) is 19.3 Å². The summed E-state index contributed by atoms with van der Waals surface area (Å²) in [6.45, 7) is 1.84. The molecule has 0 N–H and O–H groups in total. The van der Waals surface area contributed by atoms with Crippen LogP contribution in [0.5, 0.6) is 0 Å². The van der Waals surface area contributed by atoms with Crippen LogP contribution in [0, 0.1) is 5.95 Å². The van der Waals surface area contributed by atoms with E-state index < -0.39 is 18.0 Å². The summed E-state index contributed by atoms with van der Waals surface area (Å²) in [7, 11) is 2.70.